The predicted molar refractivity (Wildman–Crippen MR) is 126 cm³/mol. The van der Waals surface area contributed by atoms with Crippen molar-refractivity contribution in [3.05, 3.63) is 82.6 Å². The molecule has 1 heterocycles. The molecule has 5 nitrogen and oxygen atoms in total. The van der Waals surface area contributed by atoms with E-state index in [0.717, 1.165) is 66.8 Å². The van der Waals surface area contributed by atoms with Crippen LogP contribution in [0.15, 0.2) is 58.0 Å². The number of rotatable bonds is 7. The summed E-state index contributed by atoms with van der Waals surface area (Å²) in [5, 5.41) is 7.47. The van der Waals surface area contributed by atoms with Crippen LogP contribution in [0.4, 0.5) is 15.8 Å². The van der Waals surface area contributed by atoms with Crippen molar-refractivity contribution in [1.82, 2.24) is 0 Å². The van der Waals surface area contributed by atoms with Gasteiger partial charge in [-0.1, -0.05) is 25.5 Å². The molecule has 1 aromatic heterocycles. The number of aryl methyl sites for hydroxylation is 2. The SMILES string of the molecule is CCCCc1ccc(NC(=O)c2oc3c(c2C)/C(=N/Nc2ccc(F)cc2)CCC3)cc1. The molecule has 1 aliphatic carbocycles. The topological polar surface area (TPSA) is 66.6 Å². The molecule has 3 aromatic rings. The number of amides is 1. The molecule has 0 unspecified atom stereocenters. The molecule has 0 saturated carbocycles. The second-order valence-electron chi connectivity index (χ2n) is 8.14. The number of benzene rings is 2. The summed E-state index contributed by atoms with van der Waals surface area (Å²) < 4.78 is 19.1. The number of nitrogens with one attached hydrogen (secondary N) is 2. The second kappa shape index (κ2) is 9.81. The van der Waals surface area contributed by atoms with Crippen molar-refractivity contribution in [2.45, 2.75) is 52.4 Å². The van der Waals surface area contributed by atoms with Gasteiger partial charge in [-0.15, -0.1) is 0 Å². The Labute approximate surface area is 187 Å². The molecule has 0 bridgehead atoms. The number of hydrogen-bond donors (Lipinski definition) is 2. The number of hydrazone groups is 1. The molecular formula is C26H28FN3O2. The minimum Gasteiger partial charge on any atom is -0.455 e. The molecule has 6 heteroatoms. The highest BCUT2D eigenvalue weighted by atomic mass is 19.1. The van der Waals surface area contributed by atoms with Gasteiger partial charge in [0.1, 0.15) is 11.6 Å². The molecular weight excluding hydrogens is 405 g/mol. The van der Waals surface area contributed by atoms with E-state index in [0.29, 0.717) is 11.4 Å². The van der Waals surface area contributed by atoms with Crippen molar-refractivity contribution in [3.8, 4) is 0 Å². The Balaban J connectivity index is 1.51. The normalized spacial score (nSPS) is 14.3. The standard InChI is InChI=1S/C26H28FN3O2/c1-3-4-6-18-9-13-20(14-10-18)28-26(31)25-17(2)24-22(7-5-8-23(24)32-25)30-29-21-15-11-19(27)12-16-21/h9-16,29H,3-8H2,1-2H3,(H,28,31)/b30-22+. The summed E-state index contributed by atoms with van der Waals surface area (Å²) in [5.74, 6) is 0.555. The number of unbranched alkanes of at least 4 members (excludes halogenated alkanes) is 1. The predicted octanol–water partition coefficient (Wildman–Crippen LogP) is 6.47. The molecule has 1 aliphatic rings. The van der Waals surface area contributed by atoms with Gasteiger partial charge in [0.2, 0.25) is 0 Å². The summed E-state index contributed by atoms with van der Waals surface area (Å²) in [7, 11) is 0. The van der Waals surface area contributed by atoms with E-state index in [2.05, 4.69) is 34.9 Å². The van der Waals surface area contributed by atoms with Crippen molar-refractivity contribution >= 4 is 23.0 Å². The number of carbonyl (C=O) groups excluding carboxylic acids is 1. The minimum atomic E-state index is -0.292. The molecule has 2 aromatic carbocycles. The van der Waals surface area contributed by atoms with E-state index >= 15 is 0 Å². The Morgan fingerprint density at radius 2 is 1.78 bits per heavy atom. The van der Waals surface area contributed by atoms with Crippen LogP contribution in [0.25, 0.3) is 0 Å². The highest BCUT2D eigenvalue weighted by Gasteiger charge is 2.28. The smallest absolute Gasteiger partial charge is 0.291 e. The molecule has 4 rings (SSSR count). The van der Waals surface area contributed by atoms with Crippen molar-refractivity contribution in [2.24, 2.45) is 5.10 Å². The number of hydrogen-bond acceptors (Lipinski definition) is 4. The molecule has 32 heavy (non-hydrogen) atoms. The minimum absolute atomic E-state index is 0.260. The average molecular weight is 434 g/mol. The van der Waals surface area contributed by atoms with E-state index in [1.165, 1.54) is 17.7 Å². The Morgan fingerprint density at radius 1 is 1.06 bits per heavy atom. The van der Waals surface area contributed by atoms with Crippen LogP contribution in [-0.4, -0.2) is 11.6 Å². The lowest BCUT2D eigenvalue weighted by atomic mass is 9.93. The lowest BCUT2D eigenvalue weighted by Crippen LogP contribution is -2.14. The number of fused-ring (bicyclic) bond motifs is 1. The second-order valence-corrected chi connectivity index (χ2v) is 8.14. The van der Waals surface area contributed by atoms with Crippen LogP contribution in [0.1, 0.15) is 65.6 Å². The van der Waals surface area contributed by atoms with E-state index in [4.69, 9.17) is 4.42 Å². The Bertz CT molecular complexity index is 1120. The molecule has 1 amide bonds. The molecule has 0 saturated heterocycles. The first-order valence-corrected chi connectivity index (χ1v) is 11.2. The summed E-state index contributed by atoms with van der Waals surface area (Å²) in [5.41, 5.74) is 8.23. The average Bonchev–Trinajstić information content (AvgIpc) is 3.15. The third-order valence-electron chi connectivity index (χ3n) is 5.73. The fourth-order valence-electron chi connectivity index (χ4n) is 3.98. The van der Waals surface area contributed by atoms with Crippen molar-refractivity contribution in [1.29, 1.82) is 0 Å². The fourth-order valence-corrected chi connectivity index (χ4v) is 3.98. The third kappa shape index (κ3) is 4.90. The Hall–Kier alpha value is -3.41. The van der Waals surface area contributed by atoms with Crippen molar-refractivity contribution in [2.75, 3.05) is 10.7 Å². The first-order valence-electron chi connectivity index (χ1n) is 11.2. The van der Waals surface area contributed by atoms with Gasteiger partial charge in [-0.3, -0.25) is 10.2 Å². The van der Waals surface area contributed by atoms with Crippen LogP contribution in [0.3, 0.4) is 0 Å². The van der Waals surface area contributed by atoms with Gasteiger partial charge < -0.3 is 9.73 Å². The number of carbonyl (C=O) groups is 1. The van der Waals surface area contributed by atoms with Gasteiger partial charge in [0.15, 0.2) is 5.76 Å². The van der Waals surface area contributed by atoms with Crippen molar-refractivity contribution < 1.29 is 13.6 Å². The van der Waals surface area contributed by atoms with Crippen LogP contribution in [0, 0.1) is 12.7 Å². The first-order chi connectivity index (χ1) is 15.5. The first kappa shape index (κ1) is 21.8. The maximum atomic E-state index is 13.1. The molecule has 0 atom stereocenters. The summed E-state index contributed by atoms with van der Waals surface area (Å²) in [6, 6.07) is 14.0. The van der Waals surface area contributed by atoms with E-state index in [1.807, 2.05) is 19.1 Å². The van der Waals surface area contributed by atoms with Gasteiger partial charge in [-0.05, 0) is 74.6 Å². The van der Waals surface area contributed by atoms with Gasteiger partial charge in [0.05, 0.1) is 11.4 Å². The van der Waals surface area contributed by atoms with E-state index < -0.39 is 0 Å². The lowest BCUT2D eigenvalue weighted by Gasteiger charge is -2.13. The van der Waals surface area contributed by atoms with Gasteiger partial charge in [0.25, 0.3) is 5.91 Å². The molecule has 2 N–H and O–H groups in total. The summed E-state index contributed by atoms with van der Waals surface area (Å²) in [6.07, 6.45) is 5.80. The lowest BCUT2D eigenvalue weighted by molar-refractivity contribution is 0.0994. The van der Waals surface area contributed by atoms with Gasteiger partial charge in [0, 0.05) is 23.2 Å². The van der Waals surface area contributed by atoms with Gasteiger partial charge in [-0.25, -0.2) is 4.39 Å². The zero-order chi connectivity index (χ0) is 22.5. The largest absolute Gasteiger partial charge is 0.455 e. The Morgan fingerprint density at radius 3 is 2.50 bits per heavy atom. The highest BCUT2D eigenvalue weighted by molar-refractivity contribution is 6.09. The fraction of sp³-hybridized carbons (Fsp3) is 0.308. The van der Waals surface area contributed by atoms with Gasteiger partial charge >= 0.3 is 0 Å². The molecule has 0 aliphatic heterocycles. The summed E-state index contributed by atoms with van der Waals surface area (Å²) in [4.78, 5) is 12.9. The third-order valence-corrected chi connectivity index (χ3v) is 5.73. The van der Waals surface area contributed by atoms with Crippen LogP contribution < -0.4 is 10.7 Å². The van der Waals surface area contributed by atoms with E-state index in [1.54, 1.807) is 12.1 Å². The van der Waals surface area contributed by atoms with E-state index in [-0.39, 0.29) is 11.7 Å². The molecule has 0 spiro atoms. The van der Waals surface area contributed by atoms with Crippen molar-refractivity contribution in [3.63, 3.8) is 0 Å². The van der Waals surface area contributed by atoms with Crippen LogP contribution in [0.2, 0.25) is 0 Å². The zero-order valence-electron chi connectivity index (χ0n) is 18.5. The quantitative estimate of drug-likeness (QED) is 0.419. The monoisotopic (exact) mass is 433 g/mol. The number of nitrogens with zero attached hydrogens (tertiary/aromatic N) is 1. The summed E-state index contributed by atoms with van der Waals surface area (Å²) >= 11 is 0. The maximum Gasteiger partial charge on any atom is 0.291 e. The van der Waals surface area contributed by atoms with Crippen LogP contribution >= 0.6 is 0 Å². The van der Waals surface area contributed by atoms with Gasteiger partial charge in [-0.2, -0.15) is 5.10 Å². The van der Waals surface area contributed by atoms with Crippen LogP contribution in [-0.2, 0) is 12.8 Å². The number of halogens is 1. The molecule has 166 valence electrons. The summed E-state index contributed by atoms with van der Waals surface area (Å²) in [6.45, 7) is 4.07. The zero-order valence-corrected chi connectivity index (χ0v) is 18.5. The molecule has 0 fully saturated rings. The maximum absolute atomic E-state index is 13.1. The number of anilines is 2. The van der Waals surface area contributed by atoms with Crippen LogP contribution in [0.5, 0.6) is 0 Å². The highest BCUT2D eigenvalue weighted by Crippen LogP contribution is 2.30. The Kier molecular flexibility index (Phi) is 6.69. The molecule has 0 radical (unpaired) electrons. The number of furan rings is 1. The van der Waals surface area contributed by atoms with E-state index in [9.17, 15) is 9.18 Å².